The number of aliphatic hydroxyl groups excluding tert-OH is 1. The number of likely N-dealkylation sites (tertiary alicyclic amines) is 1. The highest BCUT2D eigenvalue weighted by Gasteiger charge is 2.66. The Morgan fingerprint density at radius 3 is 2.40 bits per heavy atom. The molecule has 6 fully saturated rings. The summed E-state index contributed by atoms with van der Waals surface area (Å²) in [6.45, 7) is 12.5. The predicted molar refractivity (Wildman–Crippen MR) is 135 cm³/mol. The van der Waals surface area contributed by atoms with Crippen molar-refractivity contribution in [2.75, 3.05) is 39.4 Å². The molecule has 0 radical (unpaired) electrons. The summed E-state index contributed by atoms with van der Waals surface area (Å²) in [5.74, 6) is 2.59. The molecule has 2 aliphatic heterocycles. The number of ether oxygens (including phenoxy) is 2. The van der Waals surface area contributed by atoms with Gasteiger partial charge in [-0.3, -0.25) is 14.6 Å². The number of fused-ring (bicyclic) bond motifs is 5. The molecule has 0 aromatic heterocycles. The lowest BCUT2D eigenvalue weighted by atomic mass is 9.43. The molecule has 35 heavy (non-hydrogen) atoms. The van der Waals surface area contributed by atoms with Crippen molar-refractivity contribution < 1.29 is 19.4 Å². The summed E-state index contributed by atoms with van der Waals surface area (Å²) in [7, 11) is 0. The third kappa shape index (κ3) is 3.83. The second kappa shape index (κ2) is 9.25. The van der Waals surface area contributed by atoms with Gasteiger partial charge in [0.25, 0.3) is 0 Å². The molecule has 5 unspecified atom stereocenters. The molecule has 1 N–H and O–H groups in total. The third-order valence-corrected chi connectivity index (χ3v) is 12.1. The maximum atomic E-state index is 11.9. The SMILES string of the molecule is CC(=O)OC1CC[C@H]2[C@@H]3CCC4CC(O)C(N5CCOCC5)C(N5CCCC5)[C@]4(C)[C@@H]3CC[C@]12C. The zero-order valence-corrected chi connectivity index (χ0v) is 22.3. The normalized spacial score (nSPS) is 50.9. The average molecular weight is 489 g/mol. The van der Waals surface area contributed by atoms with Crippen LogP contribution >= 0.6 is 0 Å². The number of hydrogen-bond donors (Lipinski definition) is 1. The van der Waals surface area contributed by atoms with E-state index in [0.717, 1.165) is 45.1 Å². The zero-order chi connectivity index (χ0) is 24.4. The summed E-state index contributed by atoms with van der Waals surface area (Å²) >= 11 is 0. The molecule has 0 aromatic carbocycles. The highest BCUT2D eigenvalue weighted by Crippen LogP contribution is 2.67. The molecule has 198 valence electrons. The first kappa shape index (κ1) is 24.6. The van der Waals surface area contributed by atoms with Gasteiger partial charge in [-0.05, 0) is 100.0 Å². The van der Waals surface area contributed by atoms with Crippen LogP contribution < -0.4 is 0 Å². The number of morpholine rings is 1. The second-order valence-electron chi connectivity index (χ2n) is 13.4. The molecular formula is C29H48N2O4. The van der Waals surface area contributed by atoms with Crippen LogP contribution in [0.2, 0.25) is 0 Å². The van der Waals surface area contributed by atoms with E-state index in [9.17, 15) is 9.90 Å². The fourth-order valence-electron chi connectivity index (χ4n) is 10.6. The summed E-state index contributed by atoms with van der Waals surface area (Å²) in [6, 6.07) is 0.655. The van der Waals surface area contributed by atoms with Crippen molar-refractivity contribution in [1.29, 1.82) is 0 Å². The zero-order valence-electron chi connectivity index (χ0n) is 22.3. The number of nitrogens with zero attached hydrogens (tertiary/aromatic N) is 2. The number of aliphatic hydroxyl groups is 1. The average Bonchev–Trinajstić information content (AvgIpc) is 3.47. The van der Waals surface area contributed by atoms with Crippen molar-refractivity contribution in [2.24, 2.45) is 34.5 Å². The fraction of sp³-hybridized carbons (Fsp3) is 0.966. The van der Waals surface area contributed by atoms with Gasteiger partial charge in [-0.25, -0.2) is 0 Å². The maximum Gasteiger partial charge on any atom is 0.302 e. The van der Waals surface area contributed by atoms with Crippen molar-refractivity contribution in [3.8, 4) is 0 Å². The van der Waals surface area contributed by atoms with Crippen molar-refractivity contribution in [1.82, 2.24) is 9.80 Å². The summed E-state index contributed by atoms with van der Waals surface area (Å²) in [6.07, 6.45) is 10.6. The van der Waals surface area contributed by atoms with Crippen LogP contribution in [0.25, 0.3) is 0 Å². The fourth-order valence-corrected chi connectivity index (χ4v) is 10.6. The molecule has 10 atom stereocenters. The first-order chi connectivity index (χ1) is 16.8. The van der Waals surface area contributed by atoms with E-state index >= 15 is 0 Å². The molecule has 6 heteroatoms. The van der Waals surface area contributed by atoms with Crippen LogP contribution in [0.4, 0.5) is 0 Å². The van der Waals surface area contributed by atoms with Gasteiger partial charge in [-0.2, -0.15) is 0 Å². The van der Waals surface area contributed by atoms with E-state index in [0.29, 0.717) is 23.8 Å². The van der Waals surface area contributed by atoms with E-state index in [4.69, 9.17) is 9.47 Å². The molecule has 0 bridgehead atoms. The minimum absolute atomic E-state index is 0.0973. The highest BCUT2D eigenvalue weighted by atomic mass is 16.5. The Hall–Kier alpha value is -0.690. The standard InChI is InChI=1S/C29H48N2O4/c1-19(32)35-25-9-8-22-21-7-6-20-18-24(33)26(30-14-16-34-17-15-30)27(31-12-4-5-13-31)29(20,3)23(21)10-11-28(22,25)2/h20-27,33H,4-18H2,1-3H3/t20?,21-,22-,23+,24?,25?,26?,27?,28-,29-/m0/s1. The van der Waals surface area contributed by atoms with Crippen LogP contribution in [-0.4, -0.2) is 84.6 Å². The Morgan fingerprint density at radius 2 is 1.69 bits per heavy atom. The van der Waals surface area contributed by atoms with Crippen molar-refractivity contribution >= 4 is 5.97 Å². The molecule has 6 rings (SSSR count). The summed E-state index contributed by atoms with van der Waals surface area (Å²) < 4.78 is 11.6. The third-order valence-electron chi connectivity index (χ3n) is 12.1. The minimum atomic E-state index is -0.234. The van der Waals surface area contributed by atoms with Gasteiger partial charge < -0.3 is 14.6 Å². The predicted octanol–water partition coefficient (Wildman–Crippen LogP) is 3.71. The van der Waals surface area contributed by atoms with Gasteiger partial charge >= 0.3 is 5.97 Å². The molecule has 2 saturated heterocycles. The smallest absolute Gasteiger partial charge is 0.302 e. The van der Waals surface area contributed by atoms with Crippen LogP contribution in [0.1, 0.15) is 78.6 Å². The Kier molecular flexibility index (Phi) is 6.51. The molecule has 4 aliphatic carbocycles. The number of carbonyl (C=O) groups is 1. The molecule has 2 heterocycles. The Labute approximate surface area is 212 Å². The first-order valence-corrected chi connectivity index (χ1v) is 14.7. The van der Waals surface area contributed by atoms with E-state index in [-0.39, 0.29) is 35.0 Å². The summed E-state index contributed by atoms with van der Waals surface area (Å²) in [5, 5.41) is 11.7. The van der Waals surface area contributed by atoms with E-state index < -0.39 is 0 Å². The lowest BCUT2D eigenvalue weighted by molar-refractivity contribution is -0.198. The van der Waals surface area contributed by atoms with Crippen molar-refractivity contribution in [3.05, 3.63) is 0 Å². The Morgan fingerprint density at radius 1 is 0.943 bits per heavy atom. The molecule has 4 saturated carbocycles. The molecule has 0 spiro atoms. The maximum absolute atomic E-state index is 11.9. The summed E-state index contributed by atoms with van der Waals surface area (Å²) in [5.41, 5.74) is 0.368. The number of hydrogen-bond acceptors (Lipinski definition) is 6. The van der Waals surface area contributed by atoms with Gasteiger partial charge in [0.1, 0.15) is 6.10 Å². The second-order valence-corrected chi connectivity index (χ2v) is 13.4. The lowest BCUT2D eigenvalue weighted by Crippen LogP contribution is -2.72. The van der Waals surface area contributed by atoms with Gasteiger partial charge in [0.05, 0.1) is 25.4 Å². The highest BCUT2D eigenvalue weighted by molar-refractivity contribution is 5.66. The minimum Gasteiger partial charge on any atom is -0.462 e. The Balaban J connectivity index is 1.35. The van der Waals surface area contributed by atoms with E-state index in [2.05, 4.69) is 23.6 Å². The molecular weight excluding hydrogens is 440 g/mol. The van der Waals surface area contributed by atoms with Crippen molar-refractivity contribution in [2.45, 2.75) is 103 Å². The van der Waals surface area contributed by atoms with Gasteiger partial charge in [0, 0.05) is 31.5 Å². The van der Waals surface area contributed by atoms with E-state index in [1.165, 1.54) is 58.0 Å². The quantitative estimate of drug-likeness (QED) is 0.611. The van der Waals surface area contributed by atoms with E-state index in [1.807, 2.05) is 0 Å². The van der Waals surface area contributed by atoms with Gasteiger partial charge in [-0.1, -0.05) is 13.8 Å². The van der Waals surface area contributed by atoms with Crippen LogP contribution in [0, 0.1) is 34.5 Å². The number of carbonyl (C=O) groups excluding carboxylic acids is 1. The number of esters is 1. The van der Waals surface area contributed by atoms with Crippen LogP contribution in [0.15, 0.2) is 0 Å². The largest absolute Gasteiger partial charge is 0.462 e. The molecule has 0 aromatic rings. The molecule has 6 aliphatic rings. The van der Waals surface area contributed by atoms with Crippen LogP contribution in [-0.2, 0) is 14.3 Å². The lowest BCUT2D eigenvalue weighted by Gasteiger charge is -2.67. The van der Waals surface area contributed by atoms with Crippen molar-refractivity contribution in [3.63, 3.8) is 0 Å². The monoisotopic (exact) mass is 488 g/mol. The van der Waals surface area contributed by atoms with Crippen LogP contribution in [0.3, 0.4) is 0 Å². The van der Waals surface area contributed by atoms with Gasteiger partial charge in [-0.15, -0.1) is 0 Å². The molecule has 0 amide bonds. The first-order valence-electron chi connectivity index (χ1n) is 14.7. The van der Waals surface area contributed by atoms with E-state index in [1.54, 1.807) is 6.92 Å². The van der Waals surface area contributed by atoms with Gasteiger partial charge in [0.15, 0.2) is 0 Å². The Bertz CT molecular complexity index is 796. The number of rotatable bonds is 3. The molecule has 6 nitrogen and oxygen atoms in total. The van der Waals surface area contributed by atoms with Crippen LogP contribution in [0.5, 0.6) is 0 Å². The van der Waals surface area contributed by atoms with Gasteiger partial charge in [0.2, 0.25) is 0 Å². The summed E-state index contributed by atoms with van der Waals surface area (Å²) in [4.78, 5) is 17.3. The topological polar surface area (TPSA) is 62.2 Å².